The lowest BCUT2D eigenvalue weighted by Crippen LogP contribution is -2.26. The molecule has 0 bridgehead atoms. The van der Waals surface area contributed by atoms with Crippen LogP contribution in [-0.2, 0) is 13.0 Å². The molecule has 0 aliphatic carbocycles. The zero-order chi connectivity index (χ0) is 12.1. The van der Waals surface area contributed by atoms with Crippen molar-refractivity contribution >= 4 is 5.69 Å². The second-order valence-corrected chi connectivity index (χ2v) is 4.67. The quantitative estimate of drug-likeness (QED) is 0.729. The number of aliphatic hydroxyl groups excluding tert-OH is 1. The maximum Gasteiger partial charge on any atom is 0.0662 e. The topological polar surface area (TPSA) is 44.3 Å². The molecule has 1 heterocycles. The van der Waals surface area contributed by atoms with Gasteiger partial charge in [0.2, 0.25) is 0 Å². The van der Waals surface area contributed by atoms with Gasteiger partial charge >= 0.3 is 0 Å². The molecular formula is C14H22N2O. The van der Waals surface area contributed by atoms with Gasteiger partial charge < -0.3 is 15.7 Å². The van der Waals surface area contributed by atoms with E-state index in [1.807, 2.05) is 6.92 Å². The molecule has 1 atom stereocenters. The van der Waals surface area contributed by atoms with Crippen LogP contribution in [0.1, 0.15) is 30.9 Å². The predicted octanol–water partition coefficient (Wildman–Crippen LogP) is 1.91. The van der Waals surface area contributed by atoms with Crippen molar-refractivity contribution in [2.45, 2.75) is 38.8 Å². The van der Waals surface area contributed by atoms with E-state index in [0.717, 1.165) is 19.5 Å². The number of nitrogens with one attached hydrogen (secondary N) is 2. The molecule has 17 heavy (non-hydrogen) atoms. The highest BCUT2D eigenvalue weighted by Crippen LogP contribution is 2.25. The third kappa shape index (κ3) is 3.20. The van der Waals surface area contributed by atoms with Crippen LogP contribution in [0, 0.1) is 0 Å². The van der Waals surface area contributed by atoms with E-state index in [9.17, 15) is 5.11 Å². The minimum absolute atomic E-state index is 0.234. The zero-order valence-electron chi connectivity index (χ0n) is 10.5. The van der Waals surface area contributed by atoms with Gasteiger partial charge in [-0.1, -0.05) is 25.1 Å². The van der Waals surface area contributed by atoms with Crippen LogP contribution in [-0.4, -0.2) is 24.3 Å². The monoisotopic (exact) mass is 234 g/mol. The fourth-order valence-electron chi connectivity index (χ4n) is 2.25. The van der Waals surface area contributed by atoms with Gasteiger partial charge in [-0.15, -0.1) is 0 Å². The Morgan fingerprint density at radius 3 is 3.18 bits per heavy atom. The molecule has 0 fully saturated rings. The molecule has 94 valence electrons. The molecule has 1 aliphatic rings. The van der Waals surface area contributed by atoms with Gasteiger partial charge in [-0.25, -0.2) is 0 Å². The van der Waals surface area contributed by atoms with Gasteiger partial charge in [-0.05, 0) is 30.4 Å². The van der Waals surface area contributed by atoms with E-state index < -0.39 is 0 Å². The van der Waals surface area contributed by atoms with E-state index in [-0.39, 0.29) is 6.10 Å². The Balaban J connectivity index is 1.96. The molecule has 0 saturated carbocycles. The normalized spacial score (nSPS) is 16.1. The molecule has 3 heteroatoms. The van der Waals surface area contributed by atoms with Crippen LogP contribution in [0.3, 0.4) is 0 Å². The zero-order valence-corrected chi connectivity index (χ0v) is 10.5. The Labute approximate surface area is 103 Å². The van der Waals surface area contributed by atoms with E-state index in [1.54, 1.807) is 0 Å². The summed E-state index contributed by atoms with van der Waals surface area (Å²) < 4.78 is 0. The second kappa shape index (κ2) is 6.03. The summed E-state index contributed by atoms with van der Waals surface area (Å²) in [4.78, 5) is 0. The summed E-state index contributed by atoms with van der Waals surface area (Å²) in [5.74, 6) is 0. The minimum atomic E-state index is -0.234. The minimum Gasteiger partial charge on any atom is -0.392 e. The first-order chi connectivity index (χ1) is 8.31. The molecule has 0 radical (unpaired) electrons. The van der Waals surface area contributed by atoms with Crippen molar-refractivity contribution in [2.24, 2.45) is 0 Å². The fourth-order valence-corrected chi connectivity index (χ4v) is 2.25. The number of aryl methyl sites for hydroxylation is 1. The molecule has 2 rings (SSSR count). The number of hydrogen-bond donors (Lipinski definition) is 3. The van der Waals surface area contributed by atoms with Gasteiger partial charge in [0.1, 0.15) is 0 Å². The number of hydrogen-bond acceptors (Lipinski definition) is 3. The number of aliphatic hydroxyl groups is 1. The number of anilines is 1. The van der Waals surface area contributed by atoms with Gasteiger partial charge in [0.15, 0.2) is 0 Å². The van der Waals surface area contributed by atoms with Gasteiger partial charge in [0.25, 0.3) is 0 Å². The highest BCUT2D eigenvalue weighted by atomic mass is 16.3. The summed E-state index contributed by atoms with van der Waals surface area (Å²) in [7, 11) is 0. The van der Waals surface area contributed by atoms with Crippen molar-refractivity contribution in [3.05, 3.63) is 29.3 Å². The van der Waals surface area contributed by atoms with Crippen molar-refractivity contribution in [1.29, 1.82) is 0 Å². The average Bonchev–Trinajstić information content (AvgIpc) is 2.39. The van der Waals surface area contributed by atoms with Crippen LogP contribution in [0.2, 0.25) is 0 Å². The van der Waals surface area contributed by atoms with Crippen molar-refractivity contribution in [1.82, 2.24) is 5.32 Å². The standard InChI is InChI=1S/C14H22N2O/c1-2-13(17)10-15-9-12-6-3-5-11-7-4-8-16-14(11)12/h3,5-6,13,15-17H,2,4,7-10H2,1H3. The second-order valence-electron chi connectivity index (χ2n) is 4.67. The maximum atomic E-state index is 9.50. The number of fused-ring (bicyclic) bond motifs is 1. The fraction of sp³-hybridized carbons (Fsp3) is 0.571. The third-order valence-electron chi connectivity index (χ3n) is 3.33. The molecule has 3 nitrogen and oxygen atoms in total. The van der Waals surface area contributed by atoms with E-state index in [4.69, 9.17) is 0 Å². The SMILES string of the molecule is CCC(O)CNCc1cccc2c1NCCC2. The molecule has 0 aromatic heterocycles. The Morgan fingerprint density at radius 1 is 1.47 bits per heavy atom. The lowest BCUT2D eigenvalue weighted by atomic mass is 9.99. The molecule has 3 N–H and O–H groups in total. The lowest BCUT2D eigenvalue weighted by molar-refractivity contribution is 0.167. The number of benzene rings is 1. The third-order valence-corrected chi connectivity index (χ3v) is 3.33. The van der Waals surface area contributed by atoms with E-state index >= 15 is 0 Å². The molecule has 0 amide bonds. The van der Waals surface area contributed by atoms with Crippen molar-refractivity contribution < 1.29 is 5.11 Å². The first kappa shape index (κ1) is 12.4. The first-order valence-corrected chi connectivity index (χ1v) is 6.54. The lowest BCUT2D eigenvalue weighted by Gasteiger charge is -2.21. The van der Waals surface area contributed by atoms with E-state index in [2.05, 4.69) is 28.8 Å². The molecule has 0 spiro atoms. The largest absolute Gasteiger partial charge is 0.392 e. The van der Waals surface area contributed by atoms with Crippen LogP contribution in [0.15, 0.2) is 18.2 Å². The van der Waals surface area contributed by atoms with E-state index in [1.165, 1.54) is 29.7 Å². The molecule has 1 aromatic carbocycles. The van der Waals surface area contributed by atoms with Gasteiger partial charge in [-0.2, -0.15) is 0 Å². The van der Waals surface area contributed by atoms with Gasteiger partial charge in [-0.3, -0.25) is 0 Å². The highest BCUT2D eigenvalue weighted by Gasteiger charge is 2.11. The van der Waals surface area contributed by atoms with Crippen molar-refractivity contribution in [3.63, 3.8) is 0 Å². The predicted molar refractivity (Wildman–Crippen MR) is 71.3 cm³/mol. The van der Waals surface area contributed by atoms with Crippen LogP contribution in [0.4, 0.5) is 5.69 Å². The van der Waals surface area contributed by atoms with Gasteiger partial charge in [0, 0.05) is 25.3 Å². The summed E-state index contributed by atoms with van der Waals surface area (Å²) in [5, 5.41) is 16.3. The van der Waals surface area contributed by atoms with Crippen LogP contribution < -0.4 is 10.6 Å². The number of para-hydroxylation sites is 1. The average molecular weight is 234 g/mol. The summed E-state index contributed by atoms with van der Waals surface area (Å²) in [6, 6.07) is 6.48. The smallest absolute Gasteiger partial charge is 0.0662 e. The summed E-state index contributed by atoms with van der Waals surface area (Å²) in [6.45, 7) is 4.56. The van der Waals surface area contributed by atoms with Crippen LogP contribution >= 0.6 is 0 Å². The number of rotatable bonds is 5. The summed E-state index contributed by atoms with van der Waals surface area (Å²) >= 11 is 0. The van der Waals surface area contributed by atoms with Crippen LogP contribution in [0.5, 0.6) is 0 Å². The van der Waals surface area contributed by atoms with Gasteiger partial charge in [0.05, 0.1) is 6.10 Å². The Hall–Kier alpha value is -1.06. The van der Waals surface area contributed by atoms with Crippen molar-refractivity contribution in [3.8, 4) is 0 Å². The first-order valence-electron chi connectivity index (χ1n) is 6.54. The maximum absolute atomic E-state index is 9.50. The summed E-state index contributed by atoms with van der Waals surface area (Å²) in [5.41, 5.74) is 4.04. The summed E-state index contributed by atoms with van der Waals surface area (Å²) in [6.07, 6.45) is 2.96. The Morgan fingerprint density at radius 2 is 2.35 bits per heavy atom. The molecule has 1 aliphatic heterocycles. The Bertz CT molecular complexity index is 365. The van der Waals surface area contributed by atoms with Crippen LogP contribution in [0.25, 0.3) is 0 Å². The van der Waals surface area contributed by atoms with E-state index in [0.29, 0.717) is 6.54 Å². The Kier molecular flexibility index (Phi) is 4.40. The molecule has 0 saturated heterocycles. The highest BCUT2D eigenvalue weighted by molar-refractivity contribution is 5.59. The molecular weight excluding hydrogens is 212 g/mol. The van der Waals surface area contributed by atoms with Crippen molar-refractivity contribution in [2.75, 3.05) is 18.4 Å². The molecule has 1 aromatic rings. The molecule has 1 unspecified atom stereocenters.